The highest BCUT2D eigenvalue weighted by molar-refractivity contribution is 14.0. The van der Waals surface area contributed by atoms with Crippen LogP contribution in [0.15, 0.2) is 52.1 Å². The van der Waals surface area contributed by atoms with E-state index in [2.05, 4.69) is 31.9 Å². The zero-order valence-corrected chi connectivity index (χ0v) is 18.7. The molecule has 7 nitrogen and oxygen atoms in total. The summed E-state index contributed by atoms with van der Waals surface area (Å²) in [4.78, 5) is 18.4. The zero-order valence-electron chi connectivity index (χ0n) is 15.7. The Labute approximate surface area is 186 Å². The number of halogens is 2. The molecule has 1 aliphatic rings. The van der Waals surface area contributed by atoms with Gasteiger partial charge in [0.05, 0.1) is 19.4 Å². The van der Waals surface area contributed by atoms with Crippen molar-refractivity contribution in [2.45, 2.75) is 19.0 Å². The number of hydrogen-bond acceptors (Lipinski definition) is 4. The predicted molar refractivity (Wildman–Crippen MR) is 123 cm³/mol. The number of aliphatic imine (C=N–C) groups is 1. The first-order chi connectivity index (χ1) is 13.1. The lowest BCUT2D eigenvalue weighted by Crippen LogP contribution is -2.47. The number of nitrogens with one attached hydrogen (secondary N) is 3. The van der Waals surface area contributed by atoms with E-state index in [1.165, 1.54) is 0 Å². The Morgan fingerprint density at radius 3 is 2.89 bits per heavy atom. The van der Waals surface area contributed by atoms with E-state index >= 15 is 0 Å². The molecule has 1 amide bonds. The average molecular weight is 518 g/mol. The molecule has 0 saturated carbocycles. The summed E-state index contributed by atoms with van der Waals surface area (Å²) in [6, 6.07) is 11.7. The number of rotatable bonds is 6. The van der Waals surface area contributed by atoms with E-state index in [0.717, 1.165) is 36.0 Å². The van der Waals surface area contributed by atoms with Crippen LogP contribution < -0.4 is 20.9 Å². The van der Waals surface area contributed by atoms with Crippen molar-refractivity contribution in [1.82, 2.24) is 16.0 Å². The van der Waals surface area contributed by atoms with Crippen molar-refractivity contribution in [1.29, 1.82) is 0 Å². The zero-order chi connectivity index (χ0) is 19.1. The first-order valence-corrected chi connectivity index (χ1v) is 9.28. The Morgan fingerprint density at radius 1 is 1.32 bits per heavy atom. The molecule has 1 aromatic carbocycles. The molecule has 0 aliphatic carbocycles. The third kappa shape index (κ3) is 6.59. The number of carbonyl (C=O) groups is 1. The Morgan fingerprint density at radius 2 is 2.18 bits per heavy atom. The first-order valence-electron chi connectivity index (χ1n) is 8.91. The maximum Gasteiger partial charge on any atom is 0.239 e. The molecule has 0 radical (unpaired) electrons. The van der Waals surface area contributed by atoms with Gasteiger partial charge in [-0.05, 0) is 36.8 Å². The molecule has 2 heterocycles. The molecule has 1 aromatic heterocycles. The van der Waals surface area contributed by atoms with Gasteiger partial charge in [-0.25, -0.2) is 0 Å². The summed E-state index contributed by atoms with van der Waals surface area (Å²) >= 11 is 6.08. The number of benzene rings is 1. The predicted octanol–water partition coefficient (Wildman–Crippen LogP) is 2.61. The van der Waals surface area contributed by atoms with Gasteiger partial charge >= 0.3 is 0 Å². The second-order valence-corrected chi connectivity index (χ2v) is 6.77. The number of guanidine groups is 1. The van der Waals surface area contributed by atoms with Gasteiger partial charge in [0.2, 0.25) is 5.91 Å². The number of amides is 1. The summed E-state index contributed by atoms with van der Waals surface area (Å²) in [6.45, 7) is 2.31. The van der Waals surface area contributed by atoms with E-state index in [1.54, 1.807) is 19.4 Å². The molecule has 1 aliphatic heterocycles. The van der Waals surface area contributed by atoms with Crippen LogP contribution >= 0.6 is 35.6 Å². The number of hydrogen-bond donors (Lipinski definition) is 3. The molecule has 1 fully saturated rings. The van der Waals surface area contributed by atoms with Gasteiger partial charge in [-0.2, -0.15) is 0 Å². The summed E-state index contributed by atoms with van der Waals surface area (Å²) in [5, 5.41) is 9.95. The molecule has 9 heteroatoms. The normalized spacial score (nSPS) is 16.4. The summed E-state index contributed by atoms with van der Waals surface area (Å²) in [5.74, 6) is 1.21. The van der Waals surface area contributed by atoms with Crippen LogP contribution in [0.4, 0.5) is 5.69 Å². The molecule has 28 heavy (non-hydrogen) atoms. The van der Waals surface area contributed by atoms with Crippen LogP contribution in [0.5, 0.6) is 0 Å². The Balaban J connectivity index is 0.00000280. The molecule has 0 spiro atoms. The third-order valence-corrected chi connectivity index (χ3v) is 4.62. The number of carbonyl (C=O) groups excluding carboxylic acids is 1. The Bertz CT molecular complexity index is 784. The fraction of sp³-hybridized carbons (Fsp3) is 0.368. The summed E-state index contributed by atoms with van der Waals surface area (Å²) in [6.07, 6.45) is 2.57. The highest BCUT2D eigenvalue weighted by Gasteiger charge is 2.23. The third-order valence-electron chi connectivity index (χ3n) is 4.38. The minimum atomic E-state index is -0.124. The van der Waals surface area contributed by atoms with Gasteiger partial charge in [0.1, 0.15) is 5.76 Å². The second kappa shape index (κ2) is 11.2. The van der Waals surface area contributed by atoms with Crippen LogP contribution in [0.3, 0.4) is 0 Å². The van der Waals surface area contributed by atoms with Crippen LogP contribution in [0.1, 0.15) is 12.2 Å². The summed E-state index contributed by atoms with van der Waals surface area (Å²) < 4.78 is 5.19. The lowest BCUT2D eigenvalue weighted by Gasteiger charge is -2.20. The van der Waals surface area contributed by atoms with Crippen molar-refractivity contribution >= 4 is 53.1 Å². The molecule has 3 rings (SSSR count). The molecule has 152 valence electrons. The number of anilines is 1. The molecular weight excluding hydrogens is 493 g/mol. The summed E-state index contributed by atoms with van der Waals surface area (Å²) in [5.41, 5.74) is 1.12. The van der Waals surface area contributed by atoms with Gasteiger partial charge in [0.15, 0.2) is 5.96 Å². The Hall–Kier alpha value is -1.94. The fourth-order valence-corrected chi connectivity index (χ4v) is 3.18. The quantitative estimate of drug-likeness (QED) is 0.312. The van der Waals surface area contributed by atoms with Gasteiger partial charge < -0.3 is 25.3 Å². The number of furan rings is 1. The minimum Gasteiger partial charge on any atom is -0.467 e. The molecular formula is C19H25ClIN5O2. The molecule has 1 atom stereocenters. The van der Waals surface area contributed by atoms with Gasteiger partial charge in [0, 0.05) is 36.9 Å². The van der Waals surface area contributed by atoms with Crippen LogP contribution in [0.25, 0.3) is 0 Å². The smallest absolute Gasteiger partial charge is 0.239 e. The molecule has 0 bridgehead atoms. The SMILES string of the molecule is CN=C(NCC(=O)NCc1ccco1)NC1CCN(c2cccc(Cl)c2)C1.I. The second-order valence-electron chi connectivity index (χ2n) is 6.34. The molecule has 1 saturated heterocycles. The average Bonchev–Trinajstić information content (AvgIpc) is 3.35. The lowest BCUT2D eigenvalue weighted by molar-refractivity contribution is -0.120. The van der Waals surface area contributed by atoms with Gasteiger partial charge in [-0.3, -0.25) is 9.79 Å². The van der Waals surface area contributed by atoms with E-state index in [0.29, 0.717) is 12.5 Å². The summed E-state index contributed by atoms with van der Waals surface area (Å²) in [7, 11) is 1.69. The highest BCUT2D eigenvalue weighted by atomic mass is 127. The monoisotopic (exact) mass is 517 g/mol. The van der Waals surface area contributed by atoms with E-state index in [4.69, 9.17) is 16.0 Å². The maximum absolute atomic E-state index is 11.9. The lowest BCUT2D eigenvalue weighted by atomic mass is 10.3. The van der Waals surface area contributed by atoms with Crippen molar-refractivity contribution in [3.05, 3.63) is 53.4 Å². The van der Waals surface area contributed by atoms with Gasteiger partial charge in [-0.15, -0.1) is 24.0 Å². The minimum absolute atomic E-state index is 0. The molecule has 2 aromatic rings. The van der Waals surface area contributed by atoms with E-state index in [9.17, 15) is 4.79 Å². The van der Waals surface area contributed by atoms with E-state index in [-0.39, 0.29) is 42.5 Å². The first kappa shape index (κ1) is 22.4. The standard InChI is InChI=1S/C19H24ClN5O2.HI/c1-21-19(23-12-18(26)22-11-17-6-3-9-27-17)24-15-7-8-25(13-15)16-5-2-4-14(20)10-16;/h2-6,9-10,15H,7-8,11-13H2,1H3,(H,22,26)(H2,21,23,24);1H. The van der Waals surface area contributed by atoms with Crippen molar-refractivity contribution < 1.29 is 9.21 Å². The van der Waals surface area contributed by atoms with Crippen LogP contribution in [-0.2, 0) is 11.3 Å². The van der Waals surface area contributed by atoms with Gasteiger partial charge in [-0.1, -0.05) is 17.7 Å². The van der Waals surface area contributed by atoms with Crippen LogP contribution in [0, 0.1) is 0 Å². The van der Waals surface area contributed by atoms with Crippen LogP contribution in [0.2, 0.25) is 5.02 Å². The fourth-order valence-electron chi connectivity index (χ4n) is 3.00. The van der Waals surface area contributed by atoms with E-state index < -0.39 is 0 Å². The number of nitrogens with zero attached hydrogens (tertiary/aromatic N) is 2. The largest absolute Gasteiger partial charge is 0.467 e. The van der Waals surface area contributed by atoms with Crippen molar-refractivity contribution in [3.63, 3.8) is 0 Å². The van der Waals surface area contributed by atoms with Crippen molar-refractivity contribution in [2.75, 3.05) is 31.6 Å². The van der Waals surface area contributed by atoms with Crippen molar-refractivity contribution in [3.8, 4) is 0 Å². The van der Waals surface area contributed by atoms with Crippen molar-refractivity contribution in [2.24, 2.45) is 4.99 Å². The van der Waals surface area contributed by atoms with Gasteiger partial charge in [0.25, 0.3) is 0 Å². The van der Waals surface area contributed by atoms with E-state index in [1.807, 2.05) is 24.3 Å². The van der Waals surface area contributed by atoms with Crippen LogP contribution in [-0.4, -0.2) is 44.6 Å². The highest BCUT2D eigenvalue weighted by Crippen LogP contribution is 2.23. The Kier molecular flexibility index (Phi) is 8.91. The maximum atomic E-state index is 11.9. The molecule has 3 N–H and O–H groups in total. The molecule has 1 unspecified atom stereocenters. The topological polar surface area (TPSA) is 81.9 Å².